The van der Waals surface area contributed by atoms with Gasteiger partial charge in [0, 0.05) is 33.4 Å². The first kappa shape index (κ1) is 20.8. The molecule has 1 amide bonds. The lowest BCUT2D eigenvalue weighted by Gasteiger charge is -2.34. The molecule has 0 N–H and O–H groups in total. The molecule has 1 atom stereocenters. The number of piperidine rings is 1. The van der Waals surface area contributed by atoms with Crippen molar-refractivity contribution in [2.24, 2.45) is 0 Å². The molecule has 1 fully saturated rings. The molecule has 2 heterocycles. The van der Waals surface area contributed by atoms with Gasteiger partial charge in [-0.2, -0.15) is 0 Å². The van der Waals surface area contributed by atoms with Gasteiger partial charge in [-0.05, 0) is 49.2 Å². The van der Waals surface area contributed by atoms with Gasteiger partial charge in [0.25, 0.3) is 0 Å². The Bertz CT molecular complexity index is 965. The van der Waals surface area contributed by atoms with Gasteiger partial charge >= 0.3 is 0 Å². The fourth-order valence-electron chi connectivity index (χ4n) is 4.05. The van der Waals surface area contributed by atoms with Crippen molar-refractivity contribution >= 4 is 33.1 Å². The highest BCUT2D eigenvalue weighted by atomic mass is 32.1. The second-order valence-electron chi connectivity index (χ2n) is 8.31. The standard InChI is InChI=1S/C24H30N4OS/c1-26(2)19-13-11-18(12-14-19)16-27(3)23(29)17-28-15-7-6-9-21(28)24-25-20-8-4-5-10-22(20)30-24/h4-5,8,10-14,21H,6-7,9,15-17H2,1-3H3/t21-/m0/s1. The minimum absolute atomic E-state index is 0.166. The summed E-state index contributed by atoms with van der Waals surface area (Å²) in [5, 5.41) is 1.14. The molecule has 6 heteroatoms. The van der Waals surface area contributed by atoms with Crippen LogP contribution < -0.4 is 4.90 Å². The average Bonchev–Trinajstić information content (AvgIpc) is 3.18. The van der Waals surface area contributed by atoms with Crippen molar-refractivity contribution in [2.75, 3.05) is 39.1 Å². The number of likely N-dealkylation sites (N-methyl/N-ethyl adjacent to an activating group) is 1. The van der Waals surface area contributed by atoms with Gasteiger partial charge < -0.3 is 9.80 Å². The number of hydrogen-bond acceptors (Lipinski definition) is 5. The normalized spacial score (nSPS) is 17.2. The number of anilines is 1. The first-order chi connectivity index (χ1) is 14.5. The highest BCUT2D eigenvalue weighted by Gasteiger charge is 2.29. The largest absolute Gasteiger partial charge is 0.378 e. The first-order valence-corrected chi connectivity index (χ1v) is 11.4. The number of para-hydroxylation sites is 1. The van der Waals surface area contributed by atoms with E-state index in [0.29, 0.717) is 13.1 Å². The Morgan fingerprint density at radius 2 is 1.87 bits per heavy atom. The second-order valence-corrected chi connectivity index (χ2v) is 9.37. The number of hydrogen-bond donors (Lipinski definition) is 0. The molecule has 158 valence electrons. The third-order valence-corrected chi connectivity index (χ3v) is 6.98. The van der Waals surface area contributed by atoms with Crippen molar-refractivity contribution in [3.8, 4) is 0 Å². The van der Waals surface area contributed by atoms with Gasteiger partial charge in [0.05, 0.1) is 22.8 Å². The van der Waals surface area contributed by atoms with E-state index < -0.39 is 0 Å². The number of carbonyl (C=O) groups is 1. The van der Waals surface area contributed by atoms with Crippen LogP contribution in [0.2, 0.25) is 0 Å². The van der Waals surface area contributed by atoms with Crippen LogP contribution in [-0.4, -0.2) is 54.9 Å². The lowest BCUT2D eigenvalue weighted by atomic mass is 10.0. The van der Waals surface area contributed by atoms with Crippen LogP contribution in [0.15, 0.2) is 48.5 Å². The molecule has 30 heavy (non-hydrogen) atoms. The number of benzene rings is 2. The minimum atomic E-state index is 0.166. The summed E-state index contributed by atoms with van der Waals surface area (Å²) in [4.78, 5) is 24.1. The van der Waals surface area contributed by atoms with E-state index in [0.717, 1.165) is 35.5 Å². The molecule has 2 aromatic carbocycles. The maximum atomic E-state index is 13.0. The van der Waals surface area contributed by atoms with E-state index in [1.54, 1.807) is 11.3 Å². The summed E-state index contributed by atoms with van der Waals surface area (Å²) in [6, 6.07) is 16.9. The Hall–Kier alpha value is -2.44. The molecule has 0 spiro atoms. The van der Waals surface area contributed by atoms with Gasteiger partial charge in [-0.3, -0.25) is 9.69 Å². The van der Waals surface area contributed by atoms with Gasteiger partial charge in [-0.1, -0.05) is 30.7 Å². The molecule has 0 saturated carbocycles. The third-order valence-electron chi connectivity index (χ3n) is 5.85. The minimum Gasteiger partial charge on any atom is -0.378 e. The van der Waals surface area contributed by atoms with E-state index in [1.807, 2.05) is 32.1 Å². The number of aromatic nitrogens is 1. The van der Waals surface area contributed by atoms with Crippen LogP contribution in [-0.2, 0) is 11.3 Å². The van der Waals surface area contributed by atoms with Gasteiger partial charge in [0.2, 0.25) is 5.91 Å². The van der Waals surface area contributed by atoms with Crippen molar-refractivity contribution in [3.63, 3.8) is 0 Å². The predicted octanol–water partition coefficient (Wildman–Crippen LogP) is 4.55. The fraction of sp³-hybridized carbons (Fsp3) is 0.417. The van der Waals surface area contributed by atoms with Crippen LogP contribution in [0.4, 0.5) is 5.69 Å². The van der Waals surface area contributed by atoms with Crippen LogP contribution in [0, 0.1) is 0 Å². The summed E-state index contributed by atoms with van der Waals surface area (Å²) in [6.45, 7) is 2.04. The molecule has 1 saturated heterocycles. The summed E-state index contributed by atoms with van der Waals surface area (Å²) in [5.74, 6) is 0.166. The highest BCUT2D eigenvalue weighted by molar-refractivity contribution is 7.18. The van der Waals surface area contributed by atoms with Crippen LogP contribution in [0.1, 0.15) is 35.9 Å². The van der Waals surface area contributed by atoms with E-state index in [1.165, 1.54) is 16.8 Å². The van der Waals surface area contributed by atoms with Crippen LogP contribution in [0.3, 0.4) is 0 Å². The molecular weight excluding hydrogens is 392 g/mol. The van der Waals surface area contributed by atoms with Crippen molar-refractivity contribution in [2.45, 2.75) is 31.8 Å². The summed E-state index contributed by atoms with van der Waals surface area (Å²) in [5.41, 5.74) is 3.38. The van der Waals surface area contributed by atoms with Gasteiger partial charge in [-0.15, -0.1) is 11.3 Å². The maximum absolute atomic E-state index is 13.0. The number of nitrogens with zero attached hydrogens (tertiary/aromatic N) is 4. The Labute approximate surface area is 182 Å². The van der Waals surface area contributed by atoms with Crippen LogP contribution in [0.5, 0.6) is 0 Å². The topological polar surface area (TPSA) is 39.7 Å². The van der Waals surface area contributed by atoms with E-state index in [-0.39, 0.29) is 11.9 Å². The highest BCUT2D eigenvalue weighted by Crippen LogP contribution is 2.35. The Kier molecular flexibility index (Phi) is 6.35. The lowest BCUT2D eigenvalue weighted by Crippen LogP contribution is -2.42. The lowest BCUT2D eigenvalue weighted by molar-refractivity contribution is -0.132. The maximum Gasteiger partial charge on any atom is 0.236 e. The van der Waals surface area contributed by atoms with Crippen LogP contribution >= 0.6 is 11.3 Å². The second kappa shape index (κ2) is 9.14. The van der Waals surface area contributed by atoms with E-state index >= 15 is 0 Å². The Balaban J connectivity index is 1.42. The van der Waals surface area contributed by atoms with Crippen molar-refractivity contribution in [1.82, 2.24) is 14.8 Å². The molecule has 0 aliphatic carbocycles. The van der Waals surface area contributed by atoms with Crippen molar-refractivity contribution < 1.29 is 4.79 Å². The fourth-order valence-corrected chi connectivity index (χ4v) is 5.19. The number of carbonyl (C=O) groups excluding carboxylic acids is 1. The van der Waals surface area contributed by atoms with Gasteiger partial charge in [0.1, 0.15) is 5.01 Å². The zero-order chi connectivity index (χ0) is 21.1. The predicted molar refractivity (Wildman–Crippen MR) is 125 cm³/mol. The van der Waals surface area contributed by atoms with E-state index in [9.17, 15) is 4.79 Å². The van der Waals surface area contributed by atoms with Crippen molar-refractivity contribution in [3.05, 3.63) is 59.1 Å². The summed E-state index contributed by atoms with van der Waals surface area (Å²) in [7, 11) is 5.97. The van der Waals surface area contributed by atoms with Gasteiger partial charge in [-0.25, -0.2) is 4.98 Å². The summed E-state index contributed by atoms with van der Waals surface area (Å²) >= 11 is 1.77. The van der Waals surface area contributed by atoms with Gasteiger partial charge in [0.15, 0.2) is 0 Å². The molecule has 0 unspecified atom stereocenters. The summed E-state index contributed by atoms with van der Waals surface area (Å²) < 4.78 is 1.22. The third kappa shape index (κ3) is 4.65. The van der Waals surface area contributed by atoms with Crippen LogP contribution in [0.25, 0.3) is 10.2 Å². The number of rotatable bonds is 6. The number of amides is 1. The molecule has 4 rings (SSSR count). The molecule has 0 radical (unpaired) electrons. The Morgan fingerprint density at radius 1 is 1.10 bits per heavy atom. The van der Waals surface area contributed by atoms with E-state index in [2.05, 4.69) is 52.3 Å². The molecule has 5 nitrogen and oxygen atoms in total. The molecule has 1 aliphatic heterocycles. The Morgan fingerprint density at radius 3 is 2.60 bits per heavy atom. The molecular formula is C24H30N4OS. The zero-order valence-electron chi connectivity index (χ0n) is 18.0. The average molecular weight is 423 g/mol. The smallest absolute Gasteiger partial charge is 0.236 e. The number of thiazole rings is 1. The molecule has 1 aromatic heterocycles. The number of fused-ring (bicyclic) bond motifs is 1. The monoisotopic (exact) mass is 422 g/mol. The first-order valence-electron chi connectivity index (χ1n) is 10.6. The zero-order valence-corrected chi connectivity index (χ0v) is 18.9. The molecule has 3 aromatic rings. The number of likely N-dealkylation sites (tertiary alicyclic amines) is 1. The van der Waals surface area contributed by atoms with E-state index in [4.69, 9.17) is 4.98 Å². The quantitative estimate of drug-likeness (QED) is 0.584. The summed E-state index contributed by atoms with van der Waals surface area (Å²) in [6.07, 6.45) is 3.41. The molecule has 0 bridgehead atoms. The van der Waals surface area contributed by atoms with Crippen molar-refractivity contribution in [1.29, 1.82) is 0 Å². The SMILES string of the molecule is CN(Cc1ccc(N(C)C)cc1)C(=O)CN1CCCC[C@H]1c1nc2ccccc2s1. The molecule has 1 aliphatic rings.